The van der Waals surface area contributed by atoms with Crippen molar-refractivity contribution in [1.82, 2.24) is 0 Å². The molecule has 0 aliphatic heterocycles. The van der Waals surface area contributed by atoms with E-state index in [2.05, 4.69) is 10.6 Å². The van der Waals surface area contributed by atoms with Crippen LogP contribution in [0.2, 0.25) is 0 Å². The SMILES string of the molecule is CCOc1cccc(NCC(=O)Nc2ccc(F)cc2)c1. The minimum absolute atomic E-state index is 0.118. The smallest absolute Gasteiger partial charge is 0.243 e. The second kappa shape index (κ2) is 7.28. The molecule has 0 unspecified atom stereocenters. The highest BCUT2D eigenvalue weighted by atomic mass is 19.1. The average molecular weight is 288 g/mol. The number of benzene rings is 2. The van der Waals surface area contributed by atoms with Crippen LogP contribution in [0.1, 0.15) is 6.92 Å². The molecule has 21 heavy (non-hydrogen) atoms. The van der Waals surface area contributed by atoms with Gasteiger partial charge in [-0.15, -0.1) is 0 Å². The summed E-state index contributed by atoms with van der Waals surface area (Å²) >= 11 is 0. The predicted octanol–water partition coefficient (Wildman–Crippen LogP) is 3.28. The Hall–Kier alpha value is -2.56. The van der Waals surface area contributed by atoms with Crippen LogP contribution in [0, 0.1) is 5.82 Å². The van der Waals surface area contributed by atoms with Gasteiger partial charge in [0.1, 0.15) is 11.6 Å². The van der Waals surface area contributed by atoms with Crippen molar-refractivity contribution < 1.29 is 13.9 Å². The first-order valence-electron chi connectivity index (χ1n) is 6.69. The Bertz CT molecular complexity index is 599. The number of hydrogen-bond donors (Lipinski definition) is 2. The first-order valence-corrected chi connectivity index (χ1v) is 6.69. The Kier molecular flexibility index (Phi) is 5.15. The number of ether oxygens (including phenoxy) is 1. The van der Waals surface area contributed by atoms with Crippen molar-refractivity contribution in [2.24, 2.45) is 0 Å². The lowest BCUT2D eigenvalue weighted by Gasteiger charge is -2.09. The molecule has 0 bridgehead atoms. The highest BCUT2D eigenvalue weighted by Gasteiger charge is 2.03. The third-order valence-corrected chi connectivity index (χ3v) is 2.73. The molecule has 0 aromatic heterocycles. The lowest BCUT2D eigenvalue weighted by molar-refractivity contribution is -0.114. The minimum Gasteiger partial charge on any atom is -0.494 e. The molecular weight excluding hydrogens is 271 g/mol. The Labute approximate surface area is 122 Å². The quantitative estimate of drug-likeness (QED) is 0.857. The summed E-state index contributed by atoms with van der Waals surface area (Å²) in [5.74, 6) is 0.212. The molecule has 0 saturated carbocycles. The number of hydrogen-bond acceptors (Lipinski definition) is 3. The molecule has 0 fully saturated rings. The number of amides is 1. The van der Waals surface area contributed by atoms with Gasteiger partial charge in [-0.3, -0.25) is 4.79 Å². The van der Waals surface area contributed by atoms with Gasteiger partial charge < -0.3 is 15.4 Å². The lowest BCUT2D eigenvalue weighted by Crippen LogP contribution is -2.21. The molecule has 2 N–H and O–H groups in total. The molecule has 4 nitrogen and oxygen atoms in total. The third-order valence-electron chi connectivity index (χ3n) is 2.73. The summed E-state index contributed by atoms with van der Waals surface area (Å²) in [6, 6.07) is 13.0. The van der Waals surface area contributed by atoms with Gasteiger partial charge in [0.05, 0.1) is 13.2 Å². The maximum Gasteiger partial charge on any atom is 0.243 e. The predicted molar refractivity (Wildman–Crippen MR) is 81.1 cm³/mol. The standard InChI is InChI=1S/C16H17FN2O2/c1-2-21-15-5-3-4-14(10-15)18-11-16(20)19-13-8-6-12(17)7-9-13/h3-10,18H,2,11H2,1H3,(H,19,20). The van der Waals surface area contributed by atoms with Gasteiger partial charge in [-0.05, 0) is 43.3 Å². The third kappa shape index (κ3) is 4.80. The molecular formula is C16H17FN2O2. The second-order valence-corrected chi connectivity index (χ2v) is 4.37. The Morgan fingerprint density at radius 3 is 2.62 bits per heavy atom. The molecule has 2 aromatic carbocycles. The fraction of sp³-hybridized carbons (Fsp3) is 0.188. The summed E-state index contributed by atoms with van der Waals surface area (Å²) < 4.78 is 18.1. The molecule has 0 spiro atoms. The zero-order valence-corrected chi connectivity index (χ0v) is 11.7. The minimum atomic E-state index is -0.334. The van der Waals surface area contributed by atoms with E-state index in [0.717, 1.165) is 11.4 Å². The van der Waals surface area contributed by atoms with E-state index in [4.69, 9.17) is 4.74 Å². The lowest BCUT2D eigenvalue weighted by atomic mass is 10.3. The number of rotatable bonds is 6. The molecule has 0 aliphatic carbocycles. The first kappa shape index (κ1) is 14.8. The van der Waals surface area contributed by atoms with Gasteiger partial charge >= 0.3 is 0 Å². The molecule has 0 saturated heterocycles. The van der Waals surface area contributed by atoms with E-state index in [1.807, 2.05) is 31.2 Å². The van der Waals surface area contributed by atoms with Crippen LogP contribution >= 0.6 is 0 Å². The molecule has 0 heterocycles. The van der Waals surface area contributed by atoms with Crippen LogP contribution in [0.15, 0.2) is 48.5 Å². The molecule has 0 aliphatic rings. The number of carbonyl (C=O) groups is 1. The van der Waals surface area contributed by atoms with Gasteiger partial charge in [-0.2, -0.15) is 0 Å². The summed E-state index contributed by atoms with van der Waals surface area (Å²) in [6.07, 6.45) is 0. The van der Waals surface area contributed by atoms with Crippen LogP contribution in [0.5, 0.6) is 5.75 Å². The highest BCUT2D eigenvalue weighted by molar-refractivity contribution is 5.93. The summed E-state index contributed by atoms with van der Waals surface area (Å²) in [4.78, 5) is 11.8. The first-order chi connectivity index (χ1) is 10.2. The van der Waals surface area contributed by atoms with Crippen molar-refractivity contribution in [2.45, 2.75) is 6.92 Å². The highest BCUT2D eigenvalue weighted by Crippen LogP contribution is 2.17. The molecule has 2 rings (SSSR count). The molecule has 0 radical (unpaired) electrons. The summed E-state index contributed by atoms with van der Waals surface area (Å²) in [6.45, 7) is 2.62. The fourth-order valence-electron chi connectivity index (χ4n) is 1.78. The second-order valence-electron chi connectivity index (χ2n) is 4.37. The largest absolute Gasteiger partial charge is 0.494 e. The van der Waals surface area contributed by atoms with E-state index in [0.29, 0.717) is 12.3 Å². The number of anilines is 2. The van der Waals surface area contributed by atoms with Gasteiger partial charge in [0.2, 0.25) is 5.91 Å². The van der Waals surface area contributed by atoms with Crippen molar-refractivity contribution in [3.8, 4) is 5.75 Å². The number of halogens is 1. The average Bonchev–Trinajstić information content (AvgIpc) is 2.48. The van der Waals surface area contributed by atoms with Gasteiger partial charge in [-0.25, -0.2) is 4.39 Å². The Morgan fingerprint density at radius 1 is 1.14 bits per heavy atom. The fourth-order valence-corrected chi connectivity index (χ4v) is 1.78. The van der Waals surface area contributed by atoms with Crippen LogP contribution in [0.25, 0.3) is 0 Å². The van der Waals surface area contributed by atoms with Crippen molar-refractivity contribution in [3.63, 3.8) is 0 Å². The molecule has 1 amide bonds. The van der Waals surface area contributed by atoms with E-state index in [9.17, 15) is 9.18 Å². The maximum absolute atomic E-state index is 12.8. The van der Waals surface area contributed by atoms with E-state index >= 15 is 0 Å². The normalized spacial score (nSPS) is 10.0. The van der Waals surface area contributed by atoms with Gasteiger partial charge in [0.15, 0.2) is 0 Å². The number of nitrogens with one attached hydrogen (secondary N) is 2. The zero-order chi connectivity index (χ0) is 15.1. The van der Waals surface area contributed by atoms with Crippen molar-refractivity contribution in [3.05, 3.63) is 54.3 Å². The monoisotopic (exact) mass is 288 g/mol. The van der Waals surface area contributed by atoms with Crippen LogP contribution in [0.4, 0.5) is 15.8 Å². The van der Waals surface area contributed by atoms with E-state index < -0.39 is 0 Å². The van der Waals surface area contributed by atoms with Crippen molar-refractivity contribution in [2.75, 3.05) is 23.8 Å². The van der Waals surface area contributed by atoms with Crippen LogP contribution in [-0.2, 0) is 4.79 Å². The van der Waals surface area contributed by atoms with E-state index in [1.165, 1.54) is 24.3 Å². The molecule has 5 heteroatoms. The van der Waals surface area contributed by atoms with Gasteiger partial charge in [-0.1, -0.05) is 6.07 Å². The summed E-state index contributed by atoms with van der Waals surface area (Å²) in [7, 11) is 0. The van der Waals surface area contributed by atoms with Crippen molar-refractivity contribution >= 4 is 17.3 Å². The topological polar surface area (TPSA) is 50.4 Å². The van der Waals surface area contributed by atoms with Crippen LogP contribution in [-0.4, -0.2) is 19.1 Å². The van der Waals surface area contributed by atoms with E-state index in [1.54, 1.807) is 0 Å². The van der Waals surface area contributed by atoms with E-state index in [-0.39, 0.29) is 18.3 Å². The Balaban J connectivity index is 1.86. The molecule has 110 valence electrons. The van der Waals surface area contributed by atoms with Crippen LogP contribution < -0.4 is 15.4 Å². The van der Waals surface area contributed by atoms with Gasteiger partial charge in [0.25, 0.3) is 0 Å². The van der Waals surface area contributed by atoms with Gasteiger partial charge in [0, 0.05) is 17.4 Å². The van der Waals surface area contributed by atoms with Crippen LogP contribution in [0.3, 0.4) is 0 Å². The number of carbonyl (C=O) groups excluding carboxylic acids is 1. The van der Waals surface area contributed by atoms with Crippen molar-refractivity contribution in [1.29, 1.82) is 0 Å². The molecule has 0 atom stereocenters. The summed E-state index contributed by atoms with van der Waals surface area (Å²) in [5.41, 5.74) is 1.36. The summed E-state index contributed by atoms with van der Waals surface area (Å²) in [5, 5.41) is 5.69. The zero-order valence-electron chi connectivity index (χ0n) is 11.7. The molecule has 2 aromatic rings. The Morgan fingerprint density at radius 2 is 1.90 bits per heavy atom. The maximum atomic E-state index is 12.8.